The predicted molar refractivity (Wildman–Crippen MR) is 301 cm³/mol. The zero-order valence-corrected chi connectivity index (χ0v) is 43.5. The van der Waals surface area contributed by atoms with E-state index < -0.39 is 0 Å². The van der Waals surface area contributed by atoms with Crippen molar-refractivity contribution in [2.45, 2.75) is 123 Å². The molecule has 70 heavy (non-hydrogen) atoms. The highest BCUT2D eigenvalue weighted by atomic mass is 15.2. The lowest BCUT2D eigenvalue weighted by atomic mass is 9.42. The van der Waals surface area contributed by atoms with Crippen molar-refractivity contribution in [3.63, 3.8) is 0 Å². The van der Waals surface area contributed by atoms with Crippen LogP contribution in [0.2, 0.25) is 0 Å². The van der Waals surface area contributed by atoms with Crippen molar-refractivity contribution in [2.24, 2.45) is 0 Å². The van der Waals surface area contributed by atoms with Crippen LogP contribution in [0.15, 0.2) is 164 Å². The zero-order chi connectivity index (χ0) is 48.9. The first-order valence-electron chi connectivity index (χ1n) is 25.8. The molecule has 8 aromatic rings. The van der Waals surface area contributed by atoms with E-state index in [0.29, 0.717) is 0 Å². The number of fused-ring (bicyclic) bond motifs is 9. The molecule has 0 saturated heterocycles. The van der Waals surface area contributed by atoms with Crippen LogP contribution in [0, 0.1) is 0 Å². The molecule has 0 bridgehead atoms. The Kier molecular flexibility index (Phi) is 9.70. The highest BCUT2D eigenvalue weighted by Gasteiger charge is 2.51. The molecule has 2 heterocycles. The molecule has 0 spiro atoms. The first kappa shape index (κ1) is 44.6. The maximum absolute atomic E-state index is 2.76. The lowest BCUT2D eigenvalue weighted by Crippen LogP contribution is -2.62. The van der Waals surface area contributed by atoms with Gasteiger partial charge in [-0.25, -0.2) is 0 Å². The molecule has 0 N–H and O–H groups in total. The summed E-state index contributed by atoms with van der Waals surface area (Å²) in [6, 6.07) is 63.7. The number of hydrogen-bond acceptors (Lipinski definition) is 2. The summed E-state index contributed by atoms with van der Waals surface area (Å²) in [6.45, 7) is 28.7. The summed E-state index contributed by atoms with van der Waals surface area (Å²) in [7, 11) is 0. The third kappa shape index (κ3) is 6.67. The monoisotopic (exact) mass is 911 g/mol. The zero-order valence-electron chi connectivity index (χ0n) is 43.5. The van der Waals surface area contributed by atoms with E-state index in [1.807, 2.05) is 0 Å². The Bertz CT molecular complexity index is 3420. The molecule has 348 valence electrons. The van der Waals surface area contributed by atoms with Gasteiger partial charge in [0.15, 0.2) is 0 Å². The average molecular weight is 911 g/mol. The van der Waals surface area contributed by atoms with Crippen LogP contribution in [0.1, 0.15) is 129 Å². The molecule has 0 radical (unpaired) electrons. The smallest absolute Gasteiger partial charge is 0.333 e. The second-order valence-electron chi connectivity index (χ2n) is 24.9. The van der Waals surface area contributed by atoms with E-state index in [1.165, 1.54) is 117 Å². The Hall–Kier alpha value is -6.58. The topological polar surface area (TPSA) is 6.48 Å². The SMILES string of the molecule is CC(C)(C)c1ccc(N2B3c4ccc5c(c4N(c4ccc(C(C)(C)C)cc4-c4ccccc4)c4cc(-c6ccccc6)cc(c43)-c3cc4c(cc32)C(C)(C)CCC4(C)C)C(C)(C)c2ccccc2-5)cc1. The van der Waals surface area contributed by atoms with Gasteiger partial charge in [-0.15, -0.1) is 0 Å². The molecule has 12 rings (SSSR count). The second kappa shape index (κ2) is 15.2. The maximum Gasteiger partial charge on any atom is 0.333 e. The number of hydrogen-bond donors (Lipinski definition) is 0. The molecule has 2 aliphatic heterocycles. The van der Waals surface area contributed by atoms with Crippen molar-refractivity contribution in [3.8, 4) is 44.5 Å². The minimum Gasteiger partial charge on any atom is -0.376 e. The molecular weight excluding hydrogens is 844 g/mol. The molecule has 0 atom stereocenters. The van der Waals surface area contributed by atoms with Gasteiger partial charge in [0, 0.05) is 39.3 Å². The highest BCUT2D eigenvalue weighted by molar-refractivity contribution is 6.93. The minimum absolute atomic E-state index is 0.0265. The van der Waals surface area contributed by atoms with Crippen molar-refractivity contribution in [3.05, 3.63) is 197 Å². The summed E-state index contributed by atoms with van der Waals surface area (Å²) >= 11 is 0. The Morgan fingerprint density at radius 3 is 1.69 bits per heavy atom. The predicted octanol–water partition coefficient (Wildman–Crippen LogP) is 17.0. The van der Waals surface area contributed by atoms with Gasteiger partial charge in [0.1, 0.15) is 0 Å². The summed E-state index contributed by atoms with van der Waals surface area (Å²) in [5, 5.41) is 0. The molecule has 2 aliphatic carbocycles. The molecule has 0 unspecified atom stereocenters. The van der Waals surface area contributed by atoms with E-state index in [1.54, 1.807) is 0 Å². The first-order chi connectivity index (χ1) is 33.2. The molecule has 0 aromatic heterocycles. The van der Waals surface area contributed by atoms with Gasteiger partial charge >= 0.3 is 6.85 Å². The number of nitrogens with zero attached hydrogens (tertiary/aromatic N) is 2. The van der Waals surface area contributed by atoms with E-state index in [-0.39, 0.29) is 33.9 Å². The van der Waals surface area contributed by atoms with Crippen LogP contribution in [0.4, 0.5) is 28.4 Å². The summed E-state index contributed by atoms with van der Waals surface area (Å²) in [5.74, 6) is 0. The normalized spacial score (nSPS) is 16.7. The minimum atomic E-state index is -0.286. The van der Waals surface area contributed by atoms with Gasteiger partial charge < -0.3 is 9.71 Å². The molecule has 2 nitrogen and oxygen atoms in total. The summed E-state index contributed by atoms with van der Waals surface area (Å²) in [4.78, 5) is 5.49. The Labute approximate surface area is 418 Å². The fourth-order valence-corrected chi connectivity index (χ4v) is 12.9. The van der Waals surface area contributed by atoms with Crippen LogP contribution in [0.5, 0.6) is 0 Å². The average Bonchev–Trinajstić information content (AvgIpc) is 3.58. The maximum atomic E-state index is 2.76. The van der Waals surface area contributed by atoms with Gasteiger partial charge in [0.2, 0.25) is 0 Å². The molecule has 4 aliphatic rings. The molecule has 8 aromatic carbocycles. The molecule has 0 saturated carbocycles. The van der Waals surface area contributed by atoms with Gasteiger partial charge in [-0.2, -0.15) is 0 Å². The fraction of sp³-hybridized carbons (Fsp3) is 0.284. The van der Waals surface area contributed by atoms with E-state index in [9.17, 15) is 0 Å². The molecule has 0 amide bonds. The molecule has 0 fully saturated rings. The van der Waals surface area contributed by atoms with E-state index in [0.717, 1.165) is 12.8 Å². The van der Waals surface area contributed by atoms with Crippen LogP contribution in [-0.4, -0.2) is 6.85 Å². The Morgan fingerprint density at radius 2 is 1.03 bits per heavy atom. The number of rotatable bonds is 4. The van der Waals surface area contributed by atoms with Crippen LogP contribution < -0.4 is 20.6 Å². The Morgan fingerprint density at radius 1 is 0.429 bits per heavy atom. The van der Waals surface area contributed by atoms with Crippen LogP contribution in [0.3, 0.4) is 0 Å². The first-order valence-corrected chi connectivity index (χ1v) is 25.8. The van der Waals surface area contributed by atoms with Crippen LogP contribution >= 0.6 is 0 Å². The Balaban J connectivity index is 1.27. The van der Waals surface area contributed by atoms with Crippen molar-refractivity contribution in [1.82, 2.24) is 0 Å². The van der Waals surface area contributed by atoms with E-state index in [4.69, 9.17) is 0 Å². The lowest BCUT2D eigenvalue weighted by molar-refractivity contribution is 0.332. The third-order valence-corrected chi connectivity index (χ3v) is 17.0. The quantitative estimate of drug-likeness (QED) is 0.162. The standard InChI is InChI=1S/C67H67BN2/c1-63(2,3)45-27-30-47(31-28-45)70-58-41-55-54(65(7,8)35-36-66(55,9)10)40-51(58)52-37-44(42-21-15-13-16-22-42)38-59-61(52)68(70)56-33-32-49-48-25-19-20-26-53(48)67(11,12)60(49)62(56)69(59)57-34-29-46(64(4,5)6)39-50(57)43-23-17-14-18-24-43/h13-34,37-41H,35-36H2,1-12H3. The van der Waals surface area contributed by atoms with Gasteiger partial charge in [-0.05, 0) is 161 Å². The highest BCUT2D eigenvalue weighted by Crippen LogP contribution is 2.59. The molecular formula is C67H67BN2. The second-order valence-corrected chi connectivity index (χ2v) is 24.9. The number of benzene rings is 8. The lowest BCUT2D eigenvalue weighted by Gasteiger charge is -2.49. The van der Waals surface area contributed by atoms with Gasteiger partial charge in [0.05, 0.1) is 5.69 Å². The van der Waals surface area contributed by atoms with E-state index >= 15 is 0 Å². The van der Waals surface area contributed by atoms with Crippen molar-refractivity contribution < 1.29 is 0 Å². The van der Waals surface area contributed by atoms with Crippen molar-refractivity contribution in [1.29, 1.82) is 0 Å². The third-order valence-electron chi connectivity index (χ3n) is 17.0. The van der Waals surface area contributed by atoms with Crippen LogP contribution in [-0.2, 0) is 27.1 Å². The number of anilines is 5. The van der Waals surface area contributed by atoms with E-state index in [2.05, 4.69) is 257 Å². The largest absolute Gasteiger partial charge is 0.376 e. The van der Waals surface area contributed by atoms with Gasteiger partial charge in [-0.1, -0.05) is 198 Å². The van der Waals surface area contributed by atoms with Crippen LogP contribution in [0.25, 0.3) is 44.5 Å². The fourth-order valence-electron chi connectivity index (χ4n) is 12.9. The summed E-state index contributed by atoms with van der Waals surface area (Å²) in [5.41, 5.74) is 27.4. The summed E-state index contributed by atoms with van der Waals surface area (Å²) in [6.07, 6.45) is 2.32. The van der Waals surface area contributed by atoms with Crippen molar-refractivity contribution >= 4 is 46.2 Å². The van der Waals surface area contributed by atoms with Gasteiger partial charge in [0.25, 0.3) is 0 Å². The molecule has 3 heteroatoms. The van der Waals surface area contributed by atoms with Crippen molar-refractivity contribution in [2.75, 3.05) is 9.71 Å². The van der Waals surface area contributed by atoms with Gasteiger partial charge in [-0.3, -0.25) is 0 Å². The summed E-state index contributed by atoms with van der Waals surface area (Å²) < 4.78 is 0.